The number of methoxy groups -OCH3 is 2. The Morgan fingerprint density at radius 2 is 1.88 bits per heavy atom. The minimum Gasteiger partial charge on any atom is -0.497 e. The molecule has 5 heteroatoms. The van der Waals surface area contributed by atoms with E-state index < -0.39 is 5.60 Å². The average molecular weight is 336 g/mol. The first-order valence-electron chi connectivity index (χ1n) is 8.28. The standard InChI is InChI=1S/C19H28O5/c1-12-15(17(12)18(20)24-19(2,3)4)11-23-10-13-7-8-14(21-5)9-16(13)22-6/h7-9,12,15,17H,10-11H2,1-6H3. The highest BCUT2D eigenvalue weighted by molar-refractivity contribution is 5.76. The van der Waals surface area contributed by atoms with Crippen molar-refractivity contribution in [2.45, 2.75) is 39.9 Å². The van der Waals surface area contributed by atoms with E-state index >= 15 is 0 Å². The molecule has 0 amide bonds. The number of carbonyl (C=O) groups is 1. The van der Waals surface area contributed by atoms with Gasteiger partial charge < -0.3 is 18.9 Å². The van der Waals surface area contributed by atoms with Gasteiger partial charge in [0.25, 0.3) is 0 Å². The first-order chi connectivity index (χ1) is 11.3. The van der Waals surface area contributed by atoms with E-state index in [9.17, 15) is 4.79 Å². The van der Waals surface area contributed by atoms with E-state index in [-0.39, 0.29) is 17.8 Å². The number of rotatable bonds is 7. The molecule has 1 aromatic rings. The van der Waals surface area contributed by atoms with Gasteiger partial charge in [-0.2, -0.15) is 0 Å². The predicted molar refractivity (Wildman–Crippen MR) is 91.2 cm³/mol. The maximum atomic E-state index is 12.1. The molecule has 24 heavy (non-hydrogen) atoms. The molecule has 0 bridgehead atoms. The van der Waals surface area contributed by atoms with E-state index in [1.54, 1.807) is 14.2 Å². The van der Waals surface area contributed by atoms with Crippen molar-refractivity contribution in [3.63, 3.8) is 0 Å². The largest absolute Gasteiger partial charge is 0.497 e. The lowest BCUT2D eigenvalue weighted by atomic mass is 10.2. The highest BCUT2D eigenvalue weighted by Crippen LogP contribution is 2.47. The van der Waals surface area contributed by atoms with Crippen LogP contribution < -0.4 is 9.47 Å². The number of benzene rings is 1. The van der Waals surface area contributed by atoms with E-state index in [1.165, 1.54) is 0 Å². The lowest BCUT2D eigenvalue weighted by Crippen LogP contribution is -2.25. The van der Waals surface area contributed by atoms with Crippen LogP contribution in [0, 0.1) is 17.8 Å². The molecule has 1 aliphatic carbocycles. The molecule has 0 heterocycles. The van der Waals surface area contributed by atoms with Crippen molar-refractivity contribution in [1.29, 1.82) is 0 Å². The van der Waals surface area contributed by atoms with Crippen molar-refractivity contribution in [1.82, 2.24) is 0 Å². The molecule has 5 nitrogen and oxygen atoms in total. The lowest BCUT2D eigenvalue weighted by Gasteiger charge is -2.19. The third-order valence-electron chi connectivity index (χ3n) is 4.30. The highest BCUT2D eigenvalue weighted by Gasteiger charge is 2.53. The number of hydrogen-bond donors (Lipinski definition) is 0. The maximum Gasteiger partial charge on any atom is 0.310 e. The zero-order chi connectivity index (χ0) is 17.9. The summed E-state index contributed by atoms with van der Waals surface area (Å²) in [5.74, 6) is 1.84. The van der Waals surface area contributed by atoms with E-state index in [1.807, 2.05) is 39.0 Å². The molecule has 0 saturated heterocycles. The molecule has 0 N–H and O–H groups in total. The van der Waals surface area contributed by atoms with Crippen molar-refractivity contribution >= 4 is 5.97 Å². The van der Waals surface area contributed by atoms with Crippen LogP contribution in [0.1, 0.15) is 33.3 Å². The van der Waals surface area contributed by atoms with Gasteiger partial charge in [0.2, 0.25) is 0 Å². The predicted octanol–water partition coefficient (Wildman–Crippen LogP) is 3.44. The van der Waals surface area contributed by atoms with Crippen LogP contribution in [0.2, 0.25) is 0 Å². The minimum absolute atomic E-state index is 0.0537. The van der Waals surface area contributed by atoms with Gasteiger partial charge in [0.15, 0.2) is 0 Å². The molecule has 2 rings (SSSR count). The van der Waals surface area contributed by atoms with Crippen molar-refractivity contribution in [3.8, 4) is 11.5 Å². The first kappa shape index (κ1) is 18.6. The molecule has 134 valence electrons. The molecule has 1 aliphatic rings. The highest BCUT2D eigenvalue weighted by atomic mass is 16.6. The molecule has 3 unspecified atom stereocenters. The second-order valence-corrected chi connectivity index (χ2v) is 7.28. The fourth-order valence-electron chi connectivity index (χ4n) is 2.84. The van der Waals surface area contributed by atoms with Crippen molar-refractivity contribution in [3.05, 3.63) is 23.8 Å². The summed E-state index contributed by atoms with van der Waals surface area (Å²) < 4.78 is 21.8. The molecule has 3 atom stereocenters. The molecule has 1 fully saturated rings. The molecular weight excluding hydrogens is 308 g/mol. The Kier molecular flexibility index (Phi) is 5.75. The van der Waals surface area contributed by atoms with E-state index in [2.05, 4.69) is 6.92 Å². The van der Waals surface area contributed by atoms with Crippen molar-refractivity contribution < 1.29 is 23.7 Å². The average Bonchev–Trinajstić information content (AvgIpc) is 3.16. The monoisotopic (exact) mass is 336 g/mol. The number of ether oxygens (including phenoxy) is 4. The van der Waals surface area contributed by atoms with Gasteiger partial charge in [-0.05, 0) is 44.7 Å². The summed E-state index contributed by atoms with van der Waals surface area (Å²) in [6, 6.07) is 5.64. The molecule has 0 aliphatic heterocycles. The molecular formula is C19H28O5. The summed E-state index contributed by atoms with van der Waals surface area (Å²) in [7, 11) is 3.25. The number of carbonyl (C=O) groups excluding carboxylic acids is 1. The summed E-state index contributed by atoms with van der Waals surface area (Å²) in [5, 5.41) is 0. The Balaban J connectivity index is 1.84. The Morgan fingerprint density at radius 1 is 1.17 bits per heavy atom. The maximum absolute atomic E-state index is 12.1. The van der Waals surface area contributed by atoms with Gasteiger partial charge in [-0.15, -0.1) is 0 Å². The van der Waals surface area contributed by atoms with Crippen LogP contribution in [0.4, 0.5) is 0 Å². The van der Waals surface area contributed by atoms with Gasteiger partial charge in [0, 0.05) is 11.6 Å². The SMILES string of the molecule is COc1ccc(COCC2C(C)C2C(=O)OC(C)(C)C)c(OC)c1. The minimum atomic E-state index is -0.443. The summed E-state index contributed by atoms with van der Waals surface area (Å²) in [4.78, 5) is 12.1. The van der Waals surface area contributed by atoms with Crippen LogP contribution in [0.15, 0.2) is 18.2 Å². The summed E-state index contributed by atoms with van der Waals surface area (Å²) in [6.07, 6.45) is 0. The fraction of sp³-hybridized carbons (Fsp3) is 0.632. The van der Waals surface area contributed by atoms with Gasteiger partial charge in [-0.25, -0.2) is 0 Å². The summed E-state index contributed by atoms with van der Waals surface area (Å²) >= 11 is 0. The van der Waals surface area contributed by atoms with Crippen LogP contribution in [0.25, 0.3) is 0 Å². The zero-order valence-electron chi connectivity index (χ0n) is 15.4. The summed E-state index contributed by atoms with van der Waals surface area (Å²) in [6.45, 7) is 8.71. The van der Waals surface area contributed by atoms with Crippen molar-refractivity contribution in [2.24, 2.45) is 17.8 Å². The molecule has 1 saturated carbocycles. The third-order valence-corrected chi connectivity index (χ3v) is 4.30. The number of hydrogen-bond acceptors (Lipinski definition) is 5. The third kappa shape index (κ3) is 4.63. The smallest absolute Gasteiger partial charge is 0.310 e. The fourth-order valence-corrected chi connectivity index (χ4v) is 2.84. The van der Waals surface area contributed by atoms with Crippen LogP contribution >= 0.6 is 0 Å². The van der Waals surface area contributed by atoms with Gasteiger partial charge in [-0.1, -0.05) is 6.92 Å². The quantitative estimate of drug-likeness (QED) is 0.714. The van der Waals surface area contributed by atoms with Gasteiger partial charge in [-0.3, -0.25) is 4.79 Å². The lowest BCUT2D eigenvalue weighted by molar-refractivity contribution is -0.157. The molecule has 1 aromatic carbocycles. The Labute approximate surface area is 144 Å². The van der Waals surface area contributed by atoms with E-state index in [0.717, 1.165) is 17.1 Å². The van der Waals surface area contributed by atoms with Gasteiger partial charge in [0.05, 0.1) is 33.4 Å². The van der Waals surface area contributed by atoms with Crippen LogP contribution in [0.5, 0.6) is 11.5 Å². The Bertz CT molecular complexity index is 576. The zero-order valence-corrected chi connectivity index (χ0v) is 15.4. The van der Waals surface area contributed by atoms with E-state index in [0.29, 0.717) is 19.1 Å². The second-order valence-electron chi connectivity index (χ2n) is 7.28. The van der Waals surface area contributed by atoms with Crippen LogP contribution in [-0.2, 0) is 20.9 Å². The Hall–Kier alpha value is -1.75. The van der Waals surface area contributed by atoms with E-state index in [4.69, 9.17) is 18.9 Å². The second kappa shape index (κ2) is 7.43. The van der Waals surface area contributed by atoms with Crippen molar-refractivity contribution in [2.75, 3.05) is 20.8 Å². The molecule has 0 radical (unpaired) electrons. The van der Waals surface area contributed by atoms with Gasteiger partial charge >= 0.3 is 5.97 Å². The van der Waals surface area contributed by atoms with Crippen LogP contribution in [-0.4, -0.2) is 32.4 Å². The van der Waals surface area contributed by atoms with Crippen LogP contribution in [0.3, 0.4) is 0 Å². The summed E-state index contributed by atoms with van der Waals surface area (Å²) in [5.41, 5.74) is 0.516. The Morgan fingerprint density at radius 3 is 2.46 bits per heavy atom. The van der Waals surface area contributed by atoms with Gasteiger partial charge in [0.1, 0.15) is 17.1 Å². The topological polar surface area (TPSA) is 54.0 Å². The number of esters is 1. The normalized spacial score (nSPS) is 22.8. The first-order valence-corrected chi connectivity index (χ1v) is 8.28. The molecule has 0 spiro atoms. The molecule has 0 aromatic heterocycles.